The third-order valence-electron chi connectivity index (χ3n) is 21.9. The van der Waals surface area contributed by atoms with E-state index in [0.717, 1.165) is 88.2 Å². The van der Waals surface area contributed by atoms with E-state index in [1.165, 1.54) is 308 Å². The average molecular weight is 1540 g/mol. The number of ether oxygens (including phenoxy) is 8. The number of unbranched alkanes of at least 4 members (excludes halogenated alkanes) is 54. The normalized spacial score (nSPS) is 11.6. The number of hydrogen-bond donors (Lipinski definition) is 4. The van der Waals surface area contributed by atoms with Gasteiger partial charge >= 0.3 is 0 Å². The molecule has 3 aromatic carbocycles. The van der Waals surface area contributed by atoms with E-state index in [2.05, 4.69) is 46.9 Å². The monoisotopic (exact) mass is 1540 g/mol. The first-order valence-corrected chi connectivity index (χ1v) is 46.9. The molecule has 0 heterocycles. The van der Waals surface area contributed by atoms with Crippen LogP contribution in [-0.4, -0.2) is 86.2 Å². The fourth-order valence-electron chi connectivity index (χ4n) is 14.5. The van der Waals surface area contributed by atoms with Gasteiger partial charge in [0.15, 0.2) is 23.0 Å². The fraction of sp³-hybridized carbons (Fsp3) is 0.804. The van der Waals surface area contributed by atoms with Crippen LogP contribution in [0.4, 0.5) is 0 Å². The minimum atomic E-state index is -1.67. The highest BCUT2D eigenvalue weighted by atomic mass is 16.6. The topological polar surface area (TPSA) is 164 Å². The predicted molar refractivity (Wildman–Crippen MR) is 463 cm³/mol. The summed E-state index contributed by atoms with van der Waals surface area (Å²) in [6, 6.07) is 13.2. The van der Waals surface area contributed by atoms with Crippen LogP contribution in [0.1, 0.15) is 448 Å². The lowest BCUT2D eigenvalue weighted by Gasteiger charge is -2.28. The van der Waals surface area contributed by atoms with Crippen LogP contribution in [0.25, 0.3) is 0 Å². The van der Waals surface area contributed by atoms with E-state index in [4.69, 9.17) is 37.9 Å². The number of amides is 1. The first kappa shape index (κ1) is 99.6. The number of benzene rings is 3. The quantitative estimate of drug-likeness (QED) is 0.0396. The van der Waals surface area contributed by atoms with Crippen LogP contribution >= 0.6 is 0 Å². The predicted octanol–water partition coefficient (Wildman–Crippen LogP) is 28.1. The molecule has 3 rings (SSSR count). The van der Waals surface area contributed by atoms with Crippen molar-refractivity contribution in [2.75, 3.05) is 59.5 Å². The summed E-state index contributed by atoms with van der Waals surface area (Å²) in [4.78, 5) is 14.4. The molecule has 1 amide bonds. The molecule has 4 N–H and O–H groups in total. The van der Waals surface area contributed by atoms with Crippen molar-refractivity contribution in [2.45, 2.75) is 446 Å². The Hall–Kier alpha value is -4.59. The summed E-state index contributed by atoms with van der Waals surface area (Å²) >= 11 is 0. The van der Waals surface area contributed by atoms with Gasteiger partial charge in [0.25, 0.3) is 5.91 Å². The van der Waals surface area contributed by atoms with Crippen molar-refractivity contribution in [2.24, 2.45) is 0 Å². The van der Waals surface area contributed by atoms with E-state index in [1.54, 1.807) is 18.2 Å². The lowest BCUT2D eigenvalue weighted by atomic mass is 10.0. The molecule has 0 fully saturated rings. The van der Waals surface area contributed by atoms with Crippen molar-refractivity contribution in [3.63, 3.8) is 0 Å². The van der Waals surface area contributed by atoms with Gasteiger partial charge in [0.1, 0.15) is 30.3 Å². The molecule has 13 heteroatoms. The molecule has 0 atom stereocenters. The molecule has 0 saturated carbocycles. The van der Waals surface area contributed by atoms with Crippen molar-refractivity contribution in [1.29, 1.82) is 0 Å². The summed E-state index contributed by atoms with van der Waals surface area (Å²) in [6.07, 6.45) is 74.2. The Labute approximate surface area is 675 Å². The minimum Gasteiger partial charge on any atom is -0.490 e. The van der Waals surface area contributed by atoms with Gasteiger partial charge in [-0.25, -0.2) is 0 Å². The van der Waals surface area contributed by atoms with Crippen LogP contribution in [-0.2, 0) is 13.2 Å². The number of hydrogen-bond acceptors (Lipinski definition) is 12. The van der Waals surface area contributed by atoms with Crippen molar-refractivity contribution in [3.8, 4) is 46.0 Å². The lowest BCUT2D eigenvalue weighted by molar-refractivity contribution is 0.0375. The SMILES string of the molecule is CCCCCCCCCCCCOc1cc(COc2cc(OCc3cc(OCCCCCCCCCCCC)c(OCCCCCCCCCCCC)c(OCCCCCCCCCCCC)c3)cc(C(=O)NC(CO)(CO)CO)c2)cc(OCCCCCCCCCCCC)c1OCCCCCCCCCCCC. The van der Waals surface area contributed by atoms with Crippen molar-refractivity contribution in [3.05, 3.63) is 59.2 Å². The molecule has 0 aliphatic heterocycles. The number of aliphatic hydroxyl groups is 3. The Morgan fingerprint density at radius 1 is 0.255 bits per heavy atom. The van der Waals surface area contributed by atoms with Gasteiger partial charge in [-0.3, -0.25) is 4.79 Å². The smallest absolute Gasteiger partial charge is 0.252 e. The Morgan fingerprint density at radius 2 is 0.445 bits per heavy atom. The van der Waals surface area contributed by atoms with Gasteiger partial charge in [-0.15, -0.1) is 0 Å². The van der Waals surface area contributed by atoms with Crippen LogP contribution < -0.4 is 43.2 Å². The molecule has 0 aliphatic rings. The van der Waals surface area contributed by atoms with Gasteiger partial charge in [-0.05, 0) is 86.1 Å². The Kier molecular flexibility index (Phi) is 65.3. The number of carbonyl (C=O) groups excluding carboxylic acids is 1. The second-order valence-corrected chi connectivity index (χ2v) is 32.5. The zero-order valence-corrected chi connectivity index (χ0v) is 72.3. The van der Waals surface area contributed by atoms with Crippen LogP contribution in [0.15, 0.2) is 42.5 Å². The summed E-state index contributed by atoms with van der Waals surface area (Å²) in [6.45, 7) is 15.2. The highest BCUT2D eigenvalue weighted by Crippen LogP contribution is 2.42. The number of aliphatic hydroxyl groups excluding tert-OH is 3. The van der Waals surface area contributed by atoms with Gasteiger partial charge < -0.3 is 58.5 Å². The number of nitrogens with one attached hydrogen (secondary N) is 1. The molecule has 0 radical (unpaired) electrons. The Balaban J connectivity index is 2.07. The molecule has 0 aromatic heterocycles. The molecule has 0 saturated heterocycles. The molecule has 0 aliphatic carbocycles. The zero-order valence-electron chi connectivity index (χ0n) is 72.3. The largest absolute Gasteiger partial charge is 0.490 e. The van der Waals surface area contributed by atoms with E-state index in [0.29, 0.717) is 85.6 Å². The highest BCUT2D eigenvalue weighted by molar-refractivity contribution is 5.95. The lowest BCUT2D eigenvalue weighted by Crippen LogP contribution is -2.57. The first-order chi connectivity index (χ1) is 54.2. The number of carbonyl (C=O) groups is 1. The van der Waals surface area contributed by atoms with Crippen LogP contribution in [0.2, 0.25) is 0 Å². The fourth-order valence-corrected chi connectivity index (χ4v) is 14.5. The summed E-state index contributed by atoms with van der Waals surface area (Å²) in [5.74, 6) is 3.96. The molecule has 0 spiro atoms. The van der Waals surface area contributed by atoms with Crippen LogP contribution in [0.3, 0.4) is 0 Å². The van der Waals surface area contributed by atoms with E-state index in [9.17, 15) is 20.1 Å². The third kappa shape index (κ3) is 51.3. The second-order valence-electron chi connectivity index (χ2n) is 32.5. The average Bonchev–Trinajstić information content (AvgIpc) is 0.828. The van der Waals surface area contributed by atoms with Crippen molar-refractivity contribution >= 4 is 5.91 Å². The highest BCUT2D eigenvalue weighted by Gasteiger charge is 2.31. The summed E-state index contributed by atoms with van der Waals surface area (Å²) in [7, 11) is 0. The maximum absolute atomic E-state index is 14.4. The van der Waals surface area contributed by atoms with Crippen molar-refractivity contribution < 1.29 is 58.0 Å². The van der Waals surface area contributed by atoms with Crippen LogP contribution in [0.5, 0.6) is 46.0 Å². The first-order valence-electron chi connectivity index (χ1n) is 46.9. The number of rotatable bonds is 83. The Bertz CT molecular complexity index is 2300. The molecule has 13 nitrogen and oxygen atoms in total. The van der Waals surface area contributed by atoms with E-state index < -0.39 is 31.3 Å². The second kappa shape index (κ2) is 72.1. The minimum absolute atomic E-state index is 0.0976. The summed E-state index contributed by atoms with van der Waals surface area (Å²) in [5.41, 5.74) is 0.115. The molecule has 3 aromatic rings. The summed E-state index contributed by atoms with van der Waals surface area (Å²) in [5, 5.41) is 34.0. The summed E-state index contributed by atoms with van der Waals surface area (Å²) < 4.78 is 54.3. The Morgan fingerprint density at radius 3 is 0.645 bits per heavy atom. The third-order valence-corrected chi connectivity index (χ3v) is 21.9. The molecule has 0 bridgehead atoms. The van der Waals surface area contributed by atoms with Gasteiger partial charge in [-0.1, -0.05) is 388 Å². The molecule has 110 heavy (non-hydrogen) atoms. The standard InChI is InChI=1S/C97H171NO12/c1-7-13-19-25-31-37-43-49-55-61-67-103-90-73-85(74-91(104-68-62-56-50-44-38-32-26-20-14-8-2)94(90)107-71-65-59-53-47-41-35-29-23-17-11-5)80-109-88-77-87(96(102)98-97(82-99,83-100)84-101)78-89(79-88)110-81-86-75-92(105-69-63-57-51-45-39-33-27-21-15-9-3)95(108-72-66-60-54-48-42-36-30-24-18-12-6)93(76-86)106-70-64-58-52-46-40-34-28-22-16-10-4/h73-79,99-101H,7-72,80-84H2,1-6H3,(H,98,102). The van der Waals surface area contributed by atoms with Crippen molar-refractivity contribution in [1.82, 2.24) is 5.32 Å². The zero-order chi connectivity index (χ0) is 78.9. The molecule has 0 unspecified atom stereocenters. The van der Waals surface area contributed by atoms with Gasteiger partial charge in [0, 0.05) is 11.6 Å². The molecular weight excluding hydrogens is 1370 g/mol. The maximum atomic E-state index is 14.4. The van der Waals surface area contributed by atoms with E-state index >= 15 is 0 Å². The molecule has 636 valence electrons. The van der Waals surface area contributed by atoms with E-state index in [1.807, 2.05) is 24.3 Å². The van der Waals surface area contributed by atoms with Crippen LogP contribution in [0, 0.1) is 0 Å². The molecular formula is C97H171NO12. The van der Waals surface area contributed by atoms with Gasteiger partial charge in [0.2, 0.25) is 11.5 Å². The van der Waals surface area contributed by atoms with Gasteiger partial charge in [0.05, 0.1) is 59.5 Å². The van der Waals surface area contributed by atoms with Gasteiger partial charge in [-0.2, -0.15) is 0 Å². The van der Waals surface area contributed by atoms with E-state index in [-0.39, 0.29) is 18.8 Å². The maximum Gasteiger partial charge on any atom is 0.252 e.